The average molecular weight is 486 g/mol. The lowest BCUT2D eigenvalue weighted by Gasteiger charge is -2.48. The van der Waals surface area contributed by atoms with Crippen LogP contribution < -0.4 is 4.74 Å². The molecule has 2 aromatic rings. The molecule has 0 spiro atoms. The second-order valence-corrected chi connectivity index (χ2v) is 11.1. The van der Waals surface area contributed by atoms with Gasteiger partial charge in [0.2, 0.25) is 0 Å². The number of halogens is 2. The number of hydrogen-bond donors (Lipinski definition) is 1. The fourth-order valence-electron chi connectivity index (χ4n) is 6.70. The topological polar surface area (TPSA) is 49.8 Å². The van der Waals surface area contributed by atoms with Gasteiger partial charge in [0.25, 0.3) is 6.43 Å². The minimum atomic E-state index is -2.59. The molecule has 2 heterocycles. The van der Waals surface area contributed by atoms with E-state index in [0.717, 1.165) is 75.3 Å². The van der Waals surface area contributed by atoms with Crippen molar-refractivity contribution in [1.82, 2.24) is 4.90 Å². The zero-order valence-corrected chi connectivity index (χ0v) is 20.6. The number of alkyl halides is 2. The highest BCUT2D eigenvalue weighted by atomic mass is 19.3. The molecule has 2 atom stereocenters. The van der Waals surface area contributed by atoms with Crippen LogP contribution in [0.4, 0.5) is 8.78 Å². The standard InChI is InChI=1S/C29H37F2NO3/c1-18-5-9-24(10-6-18)35-26-12-8-20-15-19(7-11-25(20)27(26)28(30)31)13-14-32-22-3-2-4-23(32)17-21(16-22)29(33)34/h7-8,11-12,15,18,21-24,28H,2-6,9-10,13-14,16-17H2,1H3,(H,33,34)/t18-,21?,22?,23?,24+. The normalized spacial score (nSPS) is 29.4. The van der Waals surface area contributed by atoms with E-state index >= 15 is 0 Å². The van der Waals surface area contributed by atoms with Crippen LogP contribution in [-0.2, 0) is 11.2 Å². The second-order valence-electron chi connectivity index (χ2n) is 11.1. The molecule has 1 saturated carbocycles. The maximum atomic E-state index is 14.2. The van der Waals surface area contributed by atoms with Crippen molar-refractivity contribution in [2.75, 3.05) is 6.54 Å². The number of hydrogen-bond acceptors (Lipinski definition) is 3. The maximum Gasteiger partial charge on any atom is 0.306 e. The van der Waals surface area contributed by atoms with Gasteiger partial charge in [0.1, 0.15) is 5.75 Å². The summed E-state index contributed by atoms with van der Waals surface area (Å²) in [7, 11) is 0. The molecule has 2 aliphatic heterocycles. The van der Waals surface area contributed by atoms with Crippen molar-refractivity contribution in [1.29, 1.82) is 0 Å². The summed E-state index contributed by atoms with van der Waals surface area (Å²) >= 11 is 0. The predicted octanol–water partition coefficient (Wildman–Crippen LogP) is 7.00. The number of nitrogens with zero attached hydrogens (tertiary/aromatic N) is 1. The van der Waals surface area contributed by atoms with Crippen molar-refractivity contribution in [3.63, 3.8) is 0 Å². The lowest BCUT2D eigenvalue weighted by molar-refractivity contribution is -0.146. The van der Waals surface area contributed by atoms with Gasteiger partial charge in [0, 0.05) is 18.6 Å². The van der Waals surface area contributed by atoms with E-state index in [9.17, 15) is 18.7 Å². The zero-order chi connectivity index (χ0) is 24.5. The average Bonchev–Trinajstić information content (AvgIpc) is 2.83. The van der Waals surface area contributed by atoms with E-state index in [1.807, 2.05) is 24.3 Å². The summed E-state index contributed by atoms with van der Waals surface area (Å²) in [4.78, 5) is 14.1. The fourth-order valence-corrected chi connectivity index (χ4v) is 6.70. The van der Waals surface area contributed by atoms with E-state index in [0.29, 0.717) is 29.1 Å². The maximum absolute atomic E-state index is 14.2. The molecule has 3 aliphatic rings. The van der Waals surface area contributed by atoms with Gasteiger partial charge in [-0.1, -0.05) is 37.6 Å². The number of piperidine rings is 2. The van der Waals surface area contributed by atoms with Gasteiger partial charge in [-0.3, -0.25) is 9.69 Å². The summed E-state index contributed by atoms with van der Waals surface area (Å²) in [6.07, 6.45) is 7.08. The minimum Gasteiger partial charge on any atom is -0.490 e. The van der Waals surface area contributed by atoms with Crippen molar-refractivity contribution in [3.05, 3.63) is 41.5 Å². The van der Waals surface area contributed by atoms with E-state index in [-0.39, 0.29) is 17.6 Å². The third-order valence-electron chi connectivity index (χ3n) is 8.69. The molecular formula is C29H37F2NO3. The van der Waals surface area contributed by atoms with E-state index in [1.165, 1.54) is 6.42 Å². The van der Waals surface area contributed by atoms with Gasteiger partial charge in [-0.25, -0.2) is 8.78 Å². The molecule has 5 rings (SSSR count). The second kappa shape index (κ2) is 10.4. The van der Waals surface area contributed by atoms with Gasteiger partial charge in [-0.2, -0.15) is 0 Å². The van der Waals surface area contributed by atoms with Gasteiger partial charge in [-0.05, 0) is 86.1 Å². The molecule has 190 valence electrons. The molecule has 2 aromatic carbocycles. The molecule has 1 N–H and O–H groups in total. The summed E-state index contributed by atoms with van der Waals surface area (Å²) < 4.78 is 34.4. The van der Waals surface area contributed by atoms with Crippen LogP contribution in [0.2, 0.25) is 0 Å². The first-order valence-electron chi connectivity index (χ1n) is 13.4. The number of fused-ring (bicyclic) bond motifs is 3. The van der Waals surface area contributed by atoms with Crippen LogP contribution in [0, 0.1) is 11.8 Å². The third-order valence-corrected chi connectivity index (χ3v) is 8.69. The van der Waals surface area contributed by atoms with Crippen LogP contribution in [0.5, 0.6) is 5.75 Å². The monoisotopic (exact) mass is 485 g/mol. The first-order chi connectivity index (χ1) is 16.9. The van der Waals surface area contributed by atoms with Gasteiger partial charge in [-0.15, -0.1) is 0 Å². The van der Waals surface area contributed by atoms with Crippen LogP contribution in [0.3, 0.4) is 0 Å². The first kappa shape index (κ1) is 24.5. The molecule has 2 bridgehead atoms. The van der Waals surface area contributed by atoms with Crippen molar-refractivity contribution >= 4 is 16.7 Å². The molecule has 1 aliphatic carbocycles. The van der Waals surface area contributed by atoms with Crippen molar-refractivity contribution < 1.29 is 23.4 Å². The number of rotatable bonds is 7. The largest absolute Gasteiger partial charge is 0.490 e. The summed E-state index contributed by atoms with van der Waals surface area (Å²) in [6, 6.07) is 10.2. The van der Waals surface area contributed by atoms with Crippen LogP contribution in [0.1, 0.15) is 82.3 Å². The van der Waals surface area contributed by atoms with Crippen LogP contribution in [0.15, 0.2) is 30.3 Å². The molecule has 3 fully saturated rings. The lowest BCUT2D eigenvalue weighted by Crippen LogP contribution is -2.53. The number of benzene rings is 2. The summed E-state index contributed by atoms with van der Waals surface area (Å²) in [5, 5.41) is 10.9. The predicted molar refractivity (Wildman–Crippen MR) is 133 cm³/mol. The SMILES string of the molecule is C[C@H]1CC[C@@H](Oc2ccc3cc(CCN4C5CCCC4CC(C(=O)O)C5)ccc3c2C(F)F)CC1. The number of carboxylic acid groups (broad SMARTS) is 1. The molecule has 0 amide bonds. The number of aliphatic carboxylic acids is 1. The van der Waals surface area contributed by atoms with E-state index in [2.05, 4.69) is 11.8 Å². The van der Waals surface area contributed by atoms with Gasteiger partial charge in [0.15, 0.2) is 0 Å². The number of carboxylic acids is 1. The smallest absolute Gasteiger partial charge is 0.306 e. The zero-order valence-electron chi connectivity index (χ0n) is 20.6. The molecule has 0 radical (unpaired) electrons. The Bertz CT molecular complexity index is 1040. The van der Waals surface area contributed by atoms with Crippen molar-refractivity contribution in [2.24, 2.45) is 11.8 Å². The van der Waals surface area contributed by atoms with Crippen LogP contribution >= 0.6 is 0 Å². The van der Waals surface area contributed by atoms with Gasteiger partial charge in [0.05, 0.1) is 17.6 Å². The highest BCUT2D eigenvalue weighted by molar-refractivity contribution is 5.88. The van der Waals surface area contributed by atoms with E-state index in [4.69, 9.17) is 4.74 Å². The summed E-state index contributed by atoms with van der Waals surface area (Å²) in [5.41, 5.74) is 1.14. The van der Waals surface area contributed by atoms with Crippen molar-refractivity contribution in [3.8, 4) is 5.75 Å². The summed E-state index contributed by atoms with van der Waals surface area (Å²) in [6.45, 7) is 3.12. The Morgan fingerprint density at radius 1 is 1.06 bits per heavy atom. The molecular weight excluding hydrogens is 448 g/mol. The summed E-state index contributed by atoms with van der Waals surface area (Å²) in [5.74, 6) is 0.132. The number of carbonyl (C=O) groups is 1. The Morgan fingerprint density at radius 3 is 2.43 bits per heavy atom. The molecule has 4 nitrogen and oxygen atoms in total. The molecule has 0 aromatic heterocycles. The Kier molecular flexibility index (Phi) is 7.29. The third kappa shape index (κ3) is 5.32. The number of ether oxygens (including phenoxy) is 1. The fraction of sp³-hybridized carbons (Fsp3) is 0.621. The quantitative estimate of drug-likeness (QED) is 0.459. The Labute approximate surface area is 206 Å². The highest BCUT2D eigenvalue weighted by Gasteiger charge is 2.40. The lowest BCUT2D eigenvalue weighted by atomic mass is 9.78. The highest BCUT2D eigenvalue weighted by Crippen LogP contribution is 2.39. The van der Waals surface area contributed by atoms with Crippen LogP contribution in [-0.4, -0.2) is 40.7 Å². The van der Waals surface area contributed by atoms with Crippen molar-refractivity contribution in [2.45, 2.75) is 95.7 Å². The molecule has 6 heteroatoms. The first-order valence-corrected chi connectivity index (χ1v) is 13.4. The minimum absolute atomic E-state index is 0.0120. The molecule has 2 unspecified atom stereocenters. The molecule has 2 saturated heterocycles. The Balaban J connectivity index is 1.30. The Morgan fingerprint density at radius 2 is 1.77 bits per heavy atom. The van der Waals surface area contributed by atoms with E-state index < -0.39 is 12.4 Å². The van der Waals surface area contributed by atoms with Crippen LogP contribution in [0.25, 0.3) is 10.8 Å². The molecule has 35 heavy (non-hydrogen) atoms. The van der Waals surface area contributed by atoms with E-state index in [1.54, 1.807) is 6.07 Å². The Hall–Kier alpha value is -2.21. The van der Waals surface area contributed by atoms with Gasteiger partial charge >= 0.3 is 5.97 Å². The van der Waals surface area contributed by atoms with Gasteiger partial charge < -0.3 is 9.84 Å².